The van der Waals surface area contributed by atoms with Crippen molar-refractivity contribution >= 4 is 17.7 Å². The quantitative estimate of drug-likeness (QED) is 0.652. The zero-order valence-corrected chi connectivity index (χ0v) is 8.84. The molecule has 0 fully saturated rings. The topological polar surface area (TPSA) is 116 Å². The Bertz CT molecular complexity index is 348. The Hall–Kier alpha value is -2.24. The van der Waals surface area contributed by atoms with E-state index in [4.69, 9.17) is 10.8 Å². The third kappa shape index (κ3) is 6.25. The molecule has 0 radical (unpaired) electrons. The number of rotatable bonds is 2. The maximum atomic E-state index is 10.3. The van der Waals surface area contributed by atoms with E-state index in [0.29, 0.717) is 12.3 Å². The summed E-state index contributed by atoms with van der Waals surface area (Å²) in [7, 11) is 0. The van der Waals surface area contributed by atoms with Gasteiger partial charge in [-0.3, -0.25) is 0 Å². The van der Waals surface area contributed by atoms with E-state index in [1.807, 2.05) is 0 Å². The molecular formula is C10H14N2O4. The highest BCUT2D eigenvalue weighted by Gasteiger charge is 1.98. The number of hydrogen-bond donors (Lipinski definition) is 3. The molecule has 0 saturated carbocycles. The maximum absolute atomic E-state index is 10.3. The minimum atomic E-state index is -0.931. The van der Waals surface area contributed by atoms with Crippen LogP contribution in [0.3, 0.4) is 0 Å². The number of benzene rings is 1. The van der Waals surface area contributed by atoms with Gasteiger partial charge in [0.2, 0.25) is 0 Å². The number of carboxylic acid groups (broad SMARTS) is 1. The number of aromatic carboxylic acids is 1. The van der Waals surface area contributed by atoms with Gasteiger partial charge in [0, 0.05) is 5.69 Å². The number of carboxylic acids is 1. The van der Waals surface area contributed by atoms with Crippen LogP contribution in [-0.2, 0) is 4.74 Å². The number of nitrogens with two attached hydrogens (primary N) is 2. The van der Waals surface area contributed by atoms with Gasteiger partial charge in [0.25, 0.3) is 0 Å². The van der Waals surface area contributed by atoms with Crippen LogP contribution in [0.2, 0.25) is 0 Å². The smallest absolute Gasteiger partial charge is 0.404 e. The maximum Gasteiger partial charge on any atom is 0.404 e. The number of hydrogen-bond acceptors (Lipinski definition) is 4. The molecule has 0 spiro atoms. The summed E-state index contributed by atoms with van der Waals surface area (Å²) < 4.78 is 4.18. The number of carbonyl (C=O) groups excluding carboxylic acids is 1. The van der Waals surface area contributed by atoms with Crippen molar-refractivity contribution < 1.29 is 19.4 Å². The van der Waals surface area contributed by atoms with Gasteiger partial charge < -0.3 is 21.3 Å². The first-order chi connectivity index (χ1) is 7.47. The van der Waals surface area contributed by atoms with E-state index in [1.54, 1.807) is 19.1 Å². The zero-order chi connectivity index (χ0) is 12.6. The molecule has 0 aliphatic carbocycles. The van der Waals surface area contributed by atoms with Crippen LogP contribution in [0.15, 0.2) is 24.3 Å². The van der Waals surface area contributed by atoms with Crippen LogP contribution < -0.4 is 11.5 Å². The summed E-state index contributed by atoms with van der Waals surface area (Å²) in [6, 6.07) is 6.06. The Morgan fingerprint density at radius 2 is 1.81 bits per heavy atom. The normalized spacial score (nSPS) is 8.56. The zero-order valence-electron chi connectivity index (χ0n) is 8.84. The van der Waals surface area contributed by atoms with Crippen LogP contribution in [0.4, 0.5) is 10.5 Å². The molecule has 1 rings (SSSR count). The van der Waals surface area contributed by atoms with Crippen LogP contribution in [0.5, 0.6) is 0 Å². The highest BCUT2D eigenvalue weighted by molar-refractivity contribution is 5.87. The molecule has 88 valence electrons. The molecule has 0 aromatic heterocycles. The van der Waals surface area contributed by atoms with E-state index in [9.17, 15) is 9.59 Å². The Balaban J connectivity index is 0.000000325. The first kappa shape index (κ1) is 13.8. The predicted octanol–water partition coefficient (Wildman–Crippen LogP) is 1.07. The summed E-state index contributed by atoms with van der Waals surface area (Å²) in [5.74, 6) is -0.931. The number of ether oxygens (including phenoxy) is 1. The number of nitrogen functional groups attached to an aromatic ring is 1. The summed E-state index contributed by atoms with van der Waals surface area (Å²) in [5, 5.41) is 8.43. The van der Waals surface area contributed by atoms with Gasteiger partial charge in [-0.05, 0) is 31.2 Å². The van der Waals surface area contributed by atoms with Gasteiger partial charge >= 0.3 is 12.1 Å². The van der Waals surface area contributed by atoms with Crippen LogP contribution in [0.1, 0.15) is 17.3 Å². The molecule has 5 N–H and O–H groups in total. The van der Waals surface area contributed by atoms with Gasteiger partial charge in [0.15, 0.2) is 0 Å². The molecular weight excluding hydrogens is 212 g/mol. The fourth-order valence-corrected chi connectivity index (χ4v) is 0.768. The van der Waals surface area contributed by atoms with Gasteiger partial charge in [0.05, 0.1) is 12.2 Å². The van der Waals surface area contributed by atoms with Crippen molar-refractivity contribution in [2.24, 2.45) is 5.73 Å². The standard InChI is InChI=1S/C7H7NO2.C3H7NO2/c8-6-3-1-5(2-4-6)7(9)10;1-2-6-3(4)5/h1-4H,8H2,(H,9,10);2H2,1H3,(H2,4,5). The summed E-state index contributed by atoms with van der Waals surface area (Å²) >= 11 is 0. The molecule has 0 unspecified atom stereocenters. The predicted molar refractivity (Wildman–Crippen MR) is 59.0 cm³/mol. The Morgan fingerprint density at radius 1 is 1.31 bits per heavy atom. The van der Waals surface area contributed by atoms with Crippen LogP contribution in [-0.4, -0.2) is 23.8 Å². The molecule has 0 aliphatic rings. The third-order valence-corrected chi connectivity index (χ3v) is 1.44. The Labute approximate surface area is 92.8 Å². The fraction of sp³-hybridized carbons (Fsp3) is 0.200. The average Bonchev–Trinajstić information content (AvgIpc) is 2.19. The minimum absolute atomic E-state index is 0.259. The molecule has 6 nitrogen and oxygen atoms in total. The lowest BCUT2D eigenvalue weighted by Gasteiger charge is -1.93. The monoisotopic (exact) mass is 226 g/mol. The first-order valence-electron chi connectivity index (χ1n) is 4.48. The lowest BCUT2D eigenvalue weighted by Crippen LogP contribution is -2.11. The molecule has 0 atom stereocenters. The number of amides is 1. The molecule has 1 amide bonds. The second kappa shape index (κ2) is 7.10. The minimum Gasteiger partial charge on any atom is -0.478 e. The summed E-state index contributed by atoms with van der Waals surface area (Å²) in [6.45, 7) is 2.06. The van der Waals surface area contributed by atoms with E-state index in [-0.39, 0.29) is 5.56 Å². The number of primary amides is 1. The first-order valence-corrected chi connectivity index (χ1v) is 4.48. The van der Waals surface area contributed by atoms with Gasteiger partial charge in [0.1, 0.15) is 0 Å². The van der Waals surface area contributed by atoms with Crippen molar-refractivity contribution in [1.29, 1.82) is 0 Å². The van der Waals surface area contributed by atoms with Gasteiger partial charge in [-0.25, -0.2) is 9.59 Å². The SMILES string of the molecule is CCOC(N)=O.Nc1ccc(C(=O)O)cc1. The average molecular weight is 226 g/mol. The molecule has 0 heterocycles. The van der Waals surface area contributed by atoms with E-state index in [0.717, 1.165) is 0 Å². The summed E-state index contributed by atoms with van der Waals surface area (Å²) in [5.41, 5.74) is 10.7. The largest absolute Gasteiger partial charge is 0.478 e. The van der Waals surface area contributed by atoms with E-state index in [2.05, 4.69) is 10.5 Å². The van der Waals surface area contributed by atoms with E-state index >= 15 is 0 Å². The van der Waals surface area contributed by atoms with Gasteiger partial charge in [-0.1, -0.05) is 0 Å². The highest BCUT2D eigenvalue weighted by Crippen LogP contribution is 2.04. The van der Waals surface area contributed by atoms with E-state index < -0.39 is 12.1 Å². The second-order valence-corrected chi connectivity index (χ2v) is 2.68. The van der Waals surface area contributed by atoms with Gasteiger partial charge in [-0.15, -0.1) is 0 Å². The van der Waals surface area contributed by atoms with Crippen molar-refractivity contribution in [3.05, 3.63) is 29.8 Å². The molecule has 1 aromatic carbocycles. The number of carbonyl (C=O) groups is 2. The van der Waals surface area contributed by atoms with Crippen molar-refractivity contribution in [3.63, 3.8) is 0 Å². The van der Waals surface area contributed by atoms with Crippen LogP contribution >= 0.6 is 0 Å². The van der Waals surface area contributed by atoms with Crippen LogP contribution in [0.25, 0.3) is 0 Å². The second-order valence-electron chi connectivity index (χ2n) is 2.68. The lowest BCUT2D eigenvalue weighted by molar-refractivity contribution is 0.0697. The molecule has 0 saturated heterocycles. The molecule has 6 heteroatoms. The van der Waals surface area contributed by atoms with Crippen molar-refractivity contribution in [2.75, 3.05) is 12.3 Å². The molecule has 0 aliphatic heterocycles. The number of anilines is 1. The molecule has 16 heavy (non-hydrogen) atoms. The Kier molecular flexibility index (Phi) is 6.11. The Morgan fingerprint density at radius 3 is 2.06 bits per heavy atom. The highest BCUT2D eigenvalue weighted by atomic mass is 16.5. The lowest BCUT2D eigenvalue weighted by atomic mass is 10.2. The summed E-state index contributed by atoms with van der Waals surface area (Å²) in [4.78, 5) is 19.9. The summed E-state index contributed by atoms with van der Waals surface area (Å²) in [6.07, 6.45) is -0.711. The van der Waals surface area contributed by atoms with Crippen LogP contribution in [0, 0.1) is 0 Å². The van der Waals surface area contributed by atoms with Crippen molar-refractivity contribution in [2.45, 2.75) is 6.92 Å². The van der Waals surface area contributed by atoms with Crippen molar-refractivity contribution in [1.82, 2.24) is 0 Å². The third-order valence-electron chi connectivity index (χ3n) is 1.44. The molecule has 1 aromatic rings. The van der Waals surface area contributed by atoms with E-state index in [1.165, 1.54) is 12.1 Å². The van der Waals surface area contributed by atoms with Crippen molar-refractivity contribution in [3.8, 4) is 0 Å². The molecule has 0 bridgehead atoms. The van der Waals surface area contributed by atoms with Gasteiger partial charge in [-0.2, -0.15) is 0 Å². The fourth-order valence-electron chi connectivity index (χ4n) is 0.768.